The van der Waals surface area contributed by atoms with Crippen LogP contribution >= 0.6 is 11.6 Å². The molecule has 2 rings (SSSR count). The van der Waals surface area contributed by atoms with E-state index in [1.54, 1.807) is 32.2 Å². The Morgan fingerprint density at radius 2 is 1.80 bits per heavy atom. The minimum absolute atomic E-state index is 0.0951. The highest BCUT2D eigenvalue weighted by atomic mass is 35.5. The first-order valence-electron chi connectivity index (χ1n) is 6.38. The van der Waals surface area contributed by atoms with Gasteiger partial charge in [-0.3, -0.25) is 0 Å². The number of rotatable bonds is 4. The molecule has 0 aliphatic rings. The molecule has 1 atom stereocenters. The molecule has 4 heteroatoms. The van der Waals surface area contributed by atoms with E-state index in [4.69, 9.17) is 11.6 Å². The topological polar surface area (TPSA) is 12.0 Å². The van der Waals surface area contributed by atoms with Gasteiger partial charge in [0, 0.05) is 11.1 Å². The van der Waals surface area contributed by atoms with E-state index in [-0.39, 0.29) is 17.7 Å². The Bertz CT molecular complexity index is 613. The smallest absolute Gasteiger partial charge is 0.126 e. The largest absolute Gasteiger partial charge is 0.313 e. The molecule has 2 aromatic carbocycles. The van der Waals surface area contributed by atoms with Crippen LogP contribution in [0.15, 0.2) is 36.4 Å². The van der Waals surface area contributed by atoms with Gasteiger partial charge in [-0.25, -0.2) is 8.78 Å². The van der Waals surface area contributed by atoms with E-state index >= 15 is 0 Å². The fourth-order valence-electron chi connectivity index (χ4n) is 2.19. The van der Waals surface area contributed by atoms with Crippen molar-refractivity contribution >= 4 is 11.6 Å². The second-order valence-electron chi connectivity index (χ2n) is 4.79. The summed E-state index contributed by atoms with van der Waals surface area (Å²) in [7, 11) is 1.80. The minimum atomic E-state index is -0.284. The van der Waals surface area contributed by atoms with Gasteiger partial charge < -0.3 is 5.32 Å². The van der Waals surface area contributed by atoms with Gasteiger partial charge in [-0.05, 0) is 61.3 Å². The fraction of sp³-hybridized carbons (Fsp3) is 0.250. The standard InChI is InChI=1S/C16H16ClF2N/c1-10-7-11(3-5-14(10)18)16(20-2)9-12-8-13(17)4-6-15(12)19/h3-8,16,20H,9H2,1-2H3. The molecule has 0 saturated carbocycles. The van der Waals surface area contributed by atoms with Crippen molar-refractivity contribution in [3.05, 3.63) is 69.7 Å². The van der Waals surface area contributed by atoms with Crippen molar-refractivity contribution in [3.63, 3.8) is 0 Å². The third-order valence-corrected chi connectivity index (χ3v) is 3.60. The summed E-state index contributed by atoms with van der Waals surface area (Å²) in [6.07, 6.45) is 0.452. The summed E-state index contributed by atoms with van der Waals surface area (Å²) in [4.78, 5) is 0. The third kappa shape index (κ3) is 3.35. The number of halogens is 3. The maximum absolute atomic E-state index is 13.8. The third-order valence-electron chi connectivity index (χ3n) is 3.36. The summed E-state index contributed by atoms with van der Waals surface area (Å²) < 4.78 is 27.1. The Morgan fingerprint density at radius 3 is 2.45 bits per heavy atom. The van der Waals surface area contributed by atoms with Crippen LogP contribution in [-0.2, 0) is 6.42 Å². The molecule has 0 spiro atoms. The Balaban J connectivity index is 2.28. The van der Waals surface area contributed by atoms with Crippen LogP contribution in [0.25, 0.3) is 0 Å². The van der Waals surface area contributed by atoms with E-state index in [9.17, 15) is 8.78 Å². The molecule has 0 amide bonds. The van der Waals surface area contributed by atoms with Crippen molar-refractivity contribution < 1.29 is 8.78 Å². The number of benzene rings is 2. The lowest BCUT2D eigenvalue weighted by Gasteiger charge is -2.18. The summed E-state index contributed by atoms with van der Waals surface area (Å²) in [6, 6.07) is 9.34. The summed E-state index contributed by atoms with van der Waals surface area (Å²) in [6.45, 7) is 1.71. The molecule has 106 valence electrons. The van der Waals surface area contributed by atoms with Crippen molar-refractivity contribution in [1.82, 2.24) is 5.32 Å². The monoisotopic (exact) mass is 295 g/mol. The number of hydrogen-bond acceptors (Lipinski definition) is 1. The molecule has 0 aliphatic carbocycles. The van der Waals surface area contributed by atoms with Crippen LogP contribution in [0.2, 0.25) is 5.02 Å². The zero-order valence-corrected chi connectivity index (χ0v) is 12.1. The van der Waals surface area contributed by atoms with Crippen LogP contribution in [0.1, 0.15) is 22.7 Å². The maximum atomic E-state index is 13.8. The van der Waals surface area contributed by atoms with E-state index in [1.807, 2.05) is 0 Å². The van der Waals surface area contributed by atoms with Crippen molar-refractivity contribution in [3.8, 4) is 0 Å². The van der Waals surface area contributed by atoms with Gasteiger partial charge in [-0.15, -0.1) is 0 Å². The molecule has 20 heavy (non-hydrogen) atoms. The van der Waals surface area contributed by atoms with Crippen LogP contribution in [-0.4, -0.2) is 7.05 Å². The highest BCUT2D eigenvalue weighted by Crippen LogP contribution is 2.23. The van der Waals surface area contributed by atoms with Gasteiger partial charge in [-0.2, -0.15) is 0 Å². The minimum Gasteiger partial charge on any atom is -0.313 e. The SMILES string of the molecule is CNC(Cc1cc(Cl)ccc1F)c1ccc(F)c(C)c1. The predicted molar refractivity (Wildman–Crippen MR) is 78.1 cm³/mol. The van der Waals surface area contributed by atoms with Crippen LogP contribution < -0.4 is 5.32 Å². The van der Waals surface area contributed by atoms with Crippen LogP contribution in [0.4, 0.5) is 8.78 Å². The molecule has 0 fully saturated rings. The van der Waals surface area contributed by atoms with E-state index in [2.05, 4.69) is 5.32 Å². The molecule has 1 N–H and O–H groups in total. The summed E-state index contributed by atoms with van der Waals surface area (Å²) in [5.41, 5.74) is 2.04. The molecule has 0 aromatic heterocycles. The fourth-order valence-corrected chi connectivity index (χ4v) is 2.39. The Kier molecular flexibility index (Phi) is 4.73. The van der Waals surface area contributed by atoms with Gasteiger partial charge in [0.25, 0.3) is 0 Å². The van der Waals surface area contributed by atoms with Crippen molar-refractivity contribution in [1.29, 1.82) is 0 Å². The van der Waals surface area contributed by atoms with Crippen molar-refractivity contribution in [2.45, 2.75) is 19.4 Å². The van der Waals surface area contributed by atoms with Crippen LogP contribution in [0.5, 0.6) is 0 Å². The van der Waals surface area contributed by atoms with Crippen molar-refractivity contribution in [2.24, 2.45) is 0 Å². The molecule has 0 heterocycles. The number of aryl methyl sites for hydroxylation is 1. The Morgan fingerprint density at radius 1 is 1.10 bits per heavy atom. The first-order valence-corrected chi connectivity index (χ1v) is 6.76. The zero-order chi connectivity index (χ0) is 14.7. The lowest BCUT2D eigenvalue weighted by Crippen LogP contribution is -2.19. The molecule has 0 saturated heterocycles. The molecule has 0 radical (unpaired) electrons. The van der Waals surface area contributed by atoms with Gasteiger partial charge in [0.15, 0.2) is 0 Å². The summed E-state index contributed by atoms with van der Waals surface area (Å²) in [5, 5.41) is 3.63. The quantitative estimate of drug-likeness (QED) is 0.880. The average molecular weight is 296 g/mol. The van der Waals surface area contributed by atoms with Gasteiger partial charge >= 0.3 is 0 Å². The average Bonchev–Trinajstić information content (AvgIpc) is 2.43. The molecular formula is C16H16ClF2N. The zero-order valence-electron chi connectivity index (χ0n) is 11.4. The molecular weight excluding hydrogens is 280 g/mol. The van der Waals surface area contributed by atoms with E-state index < -0.39 is 0 Å². The first kappa shape index (κ1) is 14.9. The highest BCUT2D eigenvalue weighted by Gasteiger charge is 2.14. The van der Waals surface area contributed by atoms with Crippen LogP contribution in [0, 0.1) is 18.6 Å². The maximum Gasteiger partial charge on any atom is 0.126 e. The first-order chi connectivity index (χ1) is 9.51. The highest BCUT2D eigenvalue weighted by molar-refractivity contribution is 6.30. The van der Waals surface area contributed by atoms with Gasteiger partial charge in [0.05, 0.1) is 0 Å². The number of likely N-dealkylation sites (N-methyl/N-ethyl adjacent to an activating group) is 1. The van der Waals surface area contributed by atoms with E-state index in [0.717, 1.165) is 5.56 Å². The molecule has 0 aliphatic heterocycles. The van der Waals surface area contributed by atoms with Crippen LogP contribution in [0.3, 0.4) is 0 Å². The summed E-state index contributed by atoms with van der Waals surface area (Å²) >= 11 is 5.90. The lowest BCUT2D eigenvalue weighted by molar-refractivity contribution is 0.551. The second kappa shape index (κ2) is 6.33. The van der Waals surface area contributed by atoms with Gasteiger partial charge in [0.1, 0.15) is 11.6 Å². The number of nitrogens with one attached hydrogen (secondary N) is 1. The van der Waals surface area contributed by atoms with Gasteiger partial charge in [-0.1, -0.05) is 23.7 Å². The molecule has 1 unspecified atom stereocenters. The second-order valence-corrected chi connectivity index (χ2v) is 5.23. The van der Waals surface area contributed by atoms with Crippen molar-refractivity contribution in [2.75, 3.05) is 7.05 Å². The predicted octanol–water partition coefficient (Wildman–Crippen LogP) is 4.43. The van der Waals surface area contributed by atoms with E-state index in [1.165, 1.54) is 18.2 Å². The lowest BCUT2D eigenvalue weighted by atomic mass is 9.97. The normalized spacial score (nSPS) is 12.4. The molecule has 2 aromatic rings. The van der Waals surface area contributed by atoms with Gasteiger partial charge in [0.2, 0.25) is 0 Å². The Hall–Kier alpha value is -1.45. The number of hydrogen-bond donors (Lipinski definition) is 1. The van der Waals surface area contributed by atoms with E-state index in [0.29, 0.717) is 22.6 Å². The molecule has 0 bridgehead atoms. The molecule has 1 nitrogen and oxygen atoms in total. The Labute approximate surface area is 122 Å². The summed E-state index contributed by atoms with van der Waals surface area (Å²) in [5.74, 6) is -0.522.